The molecule has 0 atom stereocenters. The fourth-order valence-corrected chi connectivity index (χ4v) is 8.11. The van der Waals surface area contributed by atoms with Crippen molar-refractivity contribution in [2.24, 2.45) is 0 Å². The summed E-state index contributed by atoms with van der Waals surface area (Å²) < 4.78 is 8.78. The molecule has 1 aliphatic rings. The number of rotatable bonds is 8. The van der Waals surface area contributed by atoms with Gasteiger partial charge >= 0.3 is 21.1 Å². The number of pyridine rings is 1. The standard InChI is InChI=1S/C51H38N4O.Pt/c1-35(2)53-34-54(48-26-12-11-25-47(48)53)39-19-13-20-40(32-39)56-41-27-28-45-44-21-9-10-24-46(44)55(49(45)33-41)50-31-38(29-30-52-50)51-42(36-15-5-3-6-16-36)22-14-23-43(51)37-17-7-4-8-18-37;/h3-31,35H,34H2,1-2H3;/q-2;+2. The van der Waals surface area contributed by atoms with Gasteiger partial charge in [-0.25, -0.2) is 4.98 Å². The molecule has 0 bridgehead atoms. The SMILES string of the molecule is CC(C)N1CN(c2[c-]c(Oc3[c-]c4c(cc3)c3ccccc3n4-c3cc(-c4c(-c5ccccc5)cccc4-c4ccccc4)ccn3)ccc2)c2ccccc21.[Pt+2]. The fourth-order valence-electron chi connectivity index (χ4n) is 8.11. The molecule has 0 saturated heterocycles. The molecule has 1 aliphatic heterocycles. The van der Waals surface area contributed by atoms with Crippen molar-refractivity contribution in [2.45, 2.75) is 19.9 Å². The van der Waals surface area contributed by atoms with Crippen LogP contribution in [0.3, 0.4) is 0 Å². The summed E-state index contributed by atoms with van der Waals surface area (Å²) in [5.74, 6) is 2.05. The monoisotopic (exact) mass is 917 g/mol. The summed E-state index contributed by atoms with van der Waals surface area (Å²) in [5.41, 5.74) is 12.2. The summed E-state index contributed by atoms with van der Waals surface area (Å²) in [6, 6.07) is 66.9. The van der Waals surface area contributed by atoms with Crippen molar-refractivity contribution >= 4 is 38.9 Å². The molecule has 10 rings (SSSR count). The van der Waals surface area contributed by atoms with Crippen molar-refractivity contribution in [2.75, 3.05) is 16.5 Å². The Balaban J connectivity index is 0.00000422. The van der Waals surface area contributed by atoms with Crippen LogP contribution in [-0.4, -0.2) is 22.3 Å². The Morgan fingerprint density at radius 3 is 1.96 bits per heavy atom. The van der Waals surface area contributed by atoms with Crippen LogP contribution < -0.4 is 14.5 Å². The zero-order valence-corrected chi connectivity index (χ0v) is 33.8. The number of benzene rings is 7. The van der Waals surface area contributed by atoms with Crippen molar-refractivity contribution in [3.63, 3.8) is 0 Å². The predicted octanol–water partition coefficient (Wildman–Crippen LogP) is 12.9. The summed E-state index contributed by atoms with van der Waals surface area (Å²) in [6.45, 7) is 5.21. The first-order chi connectivity index (χ1) is 27.6. The van der Waals surface area contributed by atoms with Gasteiger partial charge in [0.05, 0.1) is 18.0 Å². The number of hydrogen-bond donors (Lipinski definition) is 0. The minimum absolute atomic E-state index is 0. The van der Waals surface area contributed by atoms with Gasteiger partial charge in [-0.15, -0.1) is 35.7 Å². The van der Waals surface area contributed by atoms with Crippen LogP contribution >= 0.6 is 0 Å². The average Bonchev–Trinajstić information content (AvgIpc) is 3.81. The molecule has 0 amide bonds. The number of nitrogens with zero attached hydrogens (tertiary/aromatic N) is 4. The van der Waals surface area contributed by atoms with Gasteiger partial charge in [-0.3, -0.25) is 0 Å². The van der Waals surface area contributed by atoms with Crippen molar-refractivity contribution in [3.05, 3.63) is 188 Å². The molecule has 0 N–H and O–H groups in total. The molecule has 0 unspecified atom stereocenters. The number of hydrogen-bond acceptors (Lipinski definition) is 4. The van der Waals surface area contributed by atoms with Crippen molar-refractivity contribution in [1.29, 1.82) is 0 Å². The van der Waals surface area contributed by atoms with Crippen LogP contribution in [0.5, 0.6) is 11.5 Å². The van der Waals surface area contributed by atoms with Gasteiger partial charge in [-0.2, -0.15) is 12.1 Å². The van der Waals surface area contributed by atoms with Gasteiger partial charge in [-0.1, -0.05) is 120 Å². The average molecular weight is 918 g/mol. The molecule has 278 valence electrons. The molecular weight excluding hydrogens is 880 g/mol. The number of fused-ring (bicyclic) bond motifs is 4. The summed E-state index contributed by atoms with van der Waals surface area (Å²) in [6.07, 6.45) is 1.92. The maximum atomic E-state index is 6.57. The second kappa shape index (κ2) is 15.3. The van der Waals surface area contributed by atoms with Gasteiger partial charge in [0, 0.05) is 29.3 Å². The number of aromatic nitrogens is 2. The fraction of sp³-hybridized carbons (Fsp3) is 0.0784. The Hall–Kier alpha value is -6.42. The summed E-state index contributed by atoms with van der Waals surface area (Å²) >= 11 is 0. The summed E-state index contributed by atoms with van der Waals surface area (Å²) in [7, 11) is 0. The second-order valence-corrected chi connectivity index (χ2v) is 14.4. The zero-order chi connectivity index (χ0) is 37.6. The molecule has 0 spiro atoms. The third kappa shape index (κ3) is 6.58. The van der Waals surface area contributed by atoms with Gasteiger partial charge in [-0.05, 0) is 82.9 Å². The molecule has 0 radical (unpaired) electrons. The normalized spacial score (nSPS) is 12.3. The van der Waals surface area contributed by atoms with E-state index in [-0.39, 0.29) is 21.1 Å². The van der Waals surface area contributed by atoms with Gasteiger partial charge < -0.3 is 19.1 Å². The van der Waals surface area contributed by atoms with Crippen molar-refractivity contribution < 1.29 is 25.8 Å². The molecule has 2 aromatic heterocycles. The van der Waals surface area contributed by atoms with Gasteiger partial charge in [0.25, 0.3) is 0 Å². The molecule has 0 aliphatic carbocycles. The Bertz CT molecular complexity index is 2810. The third-order valence-corrected chi connectivity index (χ3v) is 10.7. The Morgan fingerprint density at radius 1 is 0.579 bits per heavy atom. The summed E-state index contributed by atoms with van der Waals surface area (Å²) in [4.78, 5) is 9.71. The number of para-hydroxylation sites is 3. The third-order valence-electron chi connectivity index (χ3n) is 10.7. The van der Waals surface area contributed by atoms with Crippen LogP contribution in [0.1, 0.15) is 13.8 Å². The Labute approximate surface area is 347 Å². The zero-order valence-electron chi connectivity index (χ0n) is 31.5. The van der Waals surface area contributed by atoms with Gasteiger partial charge in [0.1, 0.15) is 5.82 Å². The molecule has 0 saturated carbocycles. The topological polar surface area (TPSA) is 33.5 Å². The van der Waals surface area contributed by atoms with Crippen molar-refractivity contribution in [3.8, 4) is 50.7 Å². The Kier molecular flexibility index (Phi) is 9.70. The van der Waals surface area contributed by atoms with E-state index >= 15 is 0 Å². The van der Waals surface area contributed by atoms with Gasteiger partial charge in [0.2, 0.25) is 0 Å². The molecule has 5 nitrogen and oxygen atoms in total. The first-order valence-electron chi connectivity index (χ1n) is 19.1. The predicted molar refractivity (Wildman–Crippen MR) is 230 cm³/mol. The molecule has 0 fully saturated rings. The van der Waals surface area contributed by atoms with E-state index in [1.165, 1.54) is 22.5 Å². The molecule has 3 heterocycles. The maximum Gasteiger partial charge on any atom is 2.00 e. The van der Waals surface area contributed by atoms with Crippen LogP contribution in [0.15, 0.2) is 176 Å². The minimum atomic E-state index is 0. The minimum Gasteiger partial charge on any atom is -0.509 e. The largest absolute Gasteiger partial charge is 2.00 e. The molecular formula is C51H38N4OPt. The number of anilines is 3. The quantitative estimate of drug-likeness (QED) is 0.142. The van der Waals surface area contributed by atoms with Crippen molar-refractivity contribution in [1.82, 2.24) is 9.55 Å². The smallest absolute Gasteiger partial charge is 0.509 e. The van der Waals surface area contributed by atoms with Crippen LogP contribution in [0, 0.1) is 12.1 Å². The first-order valence-corrected chi connectivity index (χ1v) is 19.1. The Morgan fingerprint density at radius 2 is 1.23 bits per heavy atom. The molecule has 57 heavy (non-hydrogen) atoms. The van der Waals surface area contributed by atoms with Crippen LogP contribution in [0.25, 0.3) is 61.0 Å². The second-order valence-electron chi connectivity index (χ2n) is 14.4. The van der Waals surface area contributed by atoms with Crippen LogP contribution in [-0.2, 0) is 21.1 Å². The van der Waals surface area contributed by atoms with Crippen LogP contribution in [0.4, 0.5) is 17.1 Å². The van der Waals surface area contributed by atoms with E-state index in [2.05, 4.69) is 192 Å². The van der Waals surface area contributed by atoms with E-state index in [9.17, 15) is 0 Å². The molecule has 7 aromatic carbocycles. The molecule has 6 heteroatoms. The van der Waals surface area contributed by atoms with E-state index in [0.717, 1.165) is 62.2 Å². The van der Waals surface area contributed by atoms with E-state index in [1.54, 1.807) is 0 Å². The molecule has 9 aromatic rings. The van der Waals surface area contributed by atoms with E-state index in [1.807, 2.05) is 24.4 Å². The number of ether oxygens (including phenoxy) is 1. The van der Waals surface area contributed by atoms with E-state index < -0.39 is 0 Å². The summed E-state index contributed by atoms with van der Waals surface area (Å²) in [5, 5.41) is 2.21. The van der Waals surface area contributed by atoms with Crippen LogP contribution in [0.2, 0.25) is 0 Å². The van der Waals surface area contributed by atoms with E-state index in [4.69, 9.17) is 9.72 Å². The first kappa shape index (κ1) is 36.2. The van der Waals surface area contributed by atoms with Gasteiger partial charge in [0.15, 0.2) is 0 Å². The van der Waals surface area contributed by atoms with E-state index in [0.29, 0.717) is 17.5 Å². The maximum absolute atomic E-state index is 6.57.